The normalized spacial score (nSPS) is 16.7. The summed E-state index contributed by atoms with van der Waals surface area (Å²) in [6, 6.07) is 5.29. The molecular formula is C16H19NO3. The lowest BCUT2D eigenvalue weighted by molar-refractivity contribution is -0.131. The van der Waals surface area contributed by atoms with Crippen molar-refractivity contribution in [3.05, 3.63) is 41.0 Å². The Morgan fingerprint density at radius 2 is 2.05 bits per heavy atom. The summed E-state index contributed by atoms with van der Waals surface area (Å²) in [6.07, 6.45) is 5.84. The van der Waals surface area contributed by atoms with Crippen molar-refractivity contribution in [1.29, 1.82) is 0 Å². The number of nitrogens with one attached hydrogen (secondary N) is 1. The summed E-state index contributed by atoms with van der Waals surface area (Å²) >= 11 is 0. The van der Waals surface area contributed by atoms with E-state index in [9.17, 15) is 9.59 Å². The van der Waals surface area contributed by atoms with Crippen molar-refractivity contribution in [1.82, 2.24) is 5.32 Å². The van der Waals surface area contributed by atoms with Gasteiger partial charge in [0.05, 0.1) is 0 Å². The van der Waals surface area contributed by atoms with E-state index in [1.165, 1.54) is 6.08 Å². The number of carboxylic acid groups (broad SMARTS) is 1. The molecule has 0 spiro atoms. The van der Waals surface area contributed by atoms with Crippen molar-refractivity contribution in [3.8, 4) is 0 Å². The standard InChI is InChI=1S/C16H19NO3/c1-11-10-13(5-4-12(11)6-7-14(18)19)15(20)17-16(2)8-3-9-16/h4-7,10H,3,8-9H2,1-2H3,(H,17,20)(H,18,19)/b7-6+. The van der Waals surface area contributed by atoms with Crippen LogP contribution in [0.3, 0.4) is 0 Å². The average molecular weight is 273 g/mol. The Hall–Kier alpha value is -2.10. The van der Waals surface area contributed by atoms with Gasteiger partial charge in [0.2, 0.25) is 0 Å². The zero-order valence-corrected chi connectivity index (χ0v) is 11.8. The van der Waals surface area contributed by atoms with E-state index in [-0.39, 0.29) is 11.4 Å². The van der Waals surface area contributed by atoms with Gasteiger partial charge in [-0.25, -0.2) is 4.79 Å². The highest BCUT2D eigenvalue weighted by molar-refractivity contribution is 5.95. The summed E-state index contributed by atoms with van der Waals surface area (Å²) in [5.41, 5.74) is 2.24. The molecule has 0 radical (unpaired) electrons. The molecule has 4 nitrogen and oxygen atoms in total. The van der Waals surface area contributed by atoms with E-state index >= 15 is 0 Å². The fraction of sp³-hybridized carbons (Fsp3) is 0.375. The van der Waals surface area contributed by atoms with Gasteiger partial charge in [0.1, 0.15) is 0 Å². The van der Waals surface area contributed by atoms with Crippen molar-refractivity contribution in [3.63, 3.8) is 0 Å². The second-order valence-corrected chi connectivity index (χ2v) is 5.61. The Morgan fingerprint density at radius 1 is 1.35 bits per heavy atom. The first kappa shape index (κ1) is 14.3. The summed E-state index contributed by atoms with van der Waals surface area (Å²) in [5, 5.41) is 11.7. The molecule has 0 saturated heterocycles. The monoisotopic (exact) mass is 273 g/mol. The topological polar surface area (TPSA) is 66.4 Å². The van der Waals surface area contributed by atoms with Gasteiger partial charge in [-0.3, -0.25) is 4.79 Å². The van der Waals surface area contributed by atoms with Gasteiger partial charge in [-0.15, -0.1) is 0 Å². The third kappa shape index (κ3) is 3.26. The van der Waals surface area contributed by atoms with E-state index in [0.29, 0.717) is 5.56 Å². The van der Waals surface area contributed by atoms with Crippen LogP contribution < -0.4 is 5.32 Å². The number of rotatable bonds is 4. The highest BCUT2D eigenvalue weighted by Crippen LogP contribution is 2.31. The van der Waals surface area contributed by atoms with Crippen LogP contribution in [0, 0.1) is 6.92 Å². The Labute approximate surface area is 118 Å². The molecule has 1 amide bonds. The minimum atomic E-state index is -0.982. The fourth-order valence-electron chi connectivity index (χ4n) is 2.34. The highest BCUT2D eigenvalue weighted by Gasteiger charge is 2.33. The van der Waals surface area contributed by atoms with Gasteiger partial charge in [0, 0.05) is 17.2 Å². The molecule has 2 N–H and O–H groups in total. The third-order valence-electron chi connectivity index (χ3n) is 3.81. The number of aliphatic carboxylic acids is 1. The summed E-state index contributed by atoms with van der Waals surface area (Å²) in [7, 11) is 0. The van der Waals surface area contributed by atoms with Gasteiger partial charge in [-0.2, -0.15) is 0 Å². The van der Waals surface area contributed by atoms with Crippen molar-refractivity contribution in [2.45, 2.75) is 38.6 Å². The van der Waals surface area contributed by atoms with Gasteiger partial charge in [-0.1, -0.05) is 6.07 Å². The van der Waals surface area contributed by atoms with Crippen LogP contribution in [0.15, 0.2) is 24.3 Å². The van der Waals surface area contributed by atoms with Crippen LogP contribution in [0.1, 0.15) is 47.7 Å². The number of carbonyl (C=O) groups excluding carboxylic acids is 1. The summed E-state index contributed by atoms with van der Waals surface area (Å²) < 4.78 is 0. The molecule has 0 heterocycles. The lowest BCUT2D eigenvalue weighted by Crippen LogP contribution is -2.50. The van der Waals surface area contributed by atoms with Crippen LogP contribution in [0.4, 0.5) is 0 Å². The number of hydrogen-bond acceptors (Lipinski definition) is 2. The average Bonchev–Trinajstić information content (AvgIpc) is 2.35. The maximum atomic E-state index is 12.2. The molecule has 1 saturated carbocycles. The number of carboxylic acids is 1. The summed E-state index contributed by atoms with van der Waals surface area (Å²) in [6.45, 7) is 3.93. The second-order valence-electron chi connectivity index (χ2n) is 5.61. The van der Waals surface area contributed by atoms with Gasteiger partial charge in [0.25, 0.3) is 5.91 Å². The zero-order chi connectivity index (χ0) is 14.8. The van der Waals surface area contributed by atoms with Crippen LogP contribution in [0.2, 0.25) is 0 Å². The van der Waals surface area contributed by atoms with E-state index in [1.807, 2.05) is 6.92 Å². The van der Waals surface area contributed by atoms with Gasteiger partial charge >= 0.3 is 5.97 Å². The molecule has 0 aromatic heterocycles. The lowest BCUT2D eigenvalue weighted by Gasteiger charge is -2.39. The molecule has 106 valence electrons. The van der Waals surface area contributed by atoms with Crippen LogP contribution in [0.25, 0.3) is 6.08 Å². The Kier molecular flexibility index (Phi) is 3.93. The quantitative estimate of drug-likeness (QED) is 0.829. The SMILES string of the molecule is Cc1cc(C(=O)NC2(C)CCC2)ccc1/C=C/C(=O)O. The number of amides is 1. The van der Waals surface area contributed by atoms with Gasteiger partial charge in [-0.05, 0) is 62.4 Å². The fourth-order valence-corrected chi connectivity index (χ4v) is 2.34. The first-order valence-electron chi connectivity index (χ1n) is 6.74. The van der Waals surface area contributed by atoms with Crippen molar-refractivity contribution >= 4 is 18.0 Å². The van der Waals surface area contributed by atoms with E-state index in [4.69, 9.17) is 5.11 Å². The Balaban J connectivity index is 2.12. The number of aryl methyl sites for hydroxylation is 1. The van der Waals surface area contributed by atoms with Crippen molar-refractivity contribution in [2.24, 2.45) is 0 Å². The molecule has 2 rings (SSSR count). The minimum absolute atomic E-state index is 0.0626. The molecule has 4 heteroatoms. The number of hydrogen-bond donors (Lipinski definition) is 2. The first-order valence-corrected chi connectivity index (χ1v) is 6.74. The second kappa shape index (κ2) is 5.49. The molecule has 0 aliphatic heterocycles. The molecule has 0 bridgehead atoms. The molecule has 1 aliphatic carbocycles. The van der Waals surface area contributed by atoms with E-state index in [2.05, 4.69) is 12.2 Å². The molecule has 0 unspecified atom stereocenters. The lowest BCUT2D eigenvalue weighted by atomic mass is 9.78. The maximum absolute atomic E-state index is 12.2. The smallest absolute Gasteiger partial charge is 0.328 e. The predicted molar refractivity (Wildman–Crippen MR) is 77.6 cm³/mol. The molecule has 20 heavy (non-hydrogen) atoms. The van der Waals surface area contributed by atoms with Crippen LogP contribution in [-0.2, 0) is 4.79 Å². The minimum Gasteiger partial charge on any atom is -0.478 e. The first-order chi connectivity index (χ1) is 9.39. The summed E-state index contributed by atoms with van der Waals surface area (Å²) in [5.74, 6) is -1.05. The summed E-state index contributed by atoms with van der Waals surface area (Å²) in [4.78, 5) is 22.7. The van der Waals surface area contributed by atoms with Crippen LogP contribution in [0.5, 0.6) is 0 Å². The highest BCUT2D eigenvalue weighted by atomic mass is 16.4. The van der Waals surface area contributed by atoms with Gasteiger partial charge in [0.15, 0.2) is 0 Å². The van der Waals surface area contributed by atoms with E-state index in [1.54, 1.807) is 18.2 Å². The molecule has 0 atom stereocenters. The molecule has 1 aromatic carbocycles. The molecular weight excluding hydrogens is 254 g/mol. The Morgan fingerprint density at radius 3 is 2.55 bits per heavy atom. The van der Waals surface area contributed by atoms with Crippen molar-refractivity contribution in [2.75, 3.05) is 0 Å². The van der Waals surface area contributed by atoms with E-state index in [0.717, 1.165) is 36.5 Å². The van der Waals surface area contributed by atoms with Crippen LogP contribution in [-0.4, -0.2) is 22.5 Å². The van der Waals surface area contributed by atoms with Crippen molar-refractivity contribution < 1.29 is 14.7 Å². The number of carbonyl (C=O) groups is 2. The molecule has 1 aromatic rings. The Bertz CT molecular complexity index is 571. The molecule has 1 aliphatic rings. The molecule has 1 fully saturated rings. The van der Waals surface area contributed by atoms with Gasteiger partial charge < -0.3 is 10.4 Å². The number of benzene rings is 1. The largest absolute Gasteiger partial charge is 0.478 e. The maximum Gasteiger partial charge on any atom is 0.328 e. The zero-order valence-electron chi connectivity index (χ0n) is 11.8. The van der Waals surface area contributed by atoms with Crippen LogP contribution >= 0.6 is 0 Å². The predicted octanol–water partition coefficient (Wildman–Crippen LogP) is 2.77. The van der Waals surface area contributed by atoms with E-state index < -0.39 is 5.97 Å². The third-order valence-corrected chi connectivity index (χ3v) is 3.81.